The maximum absolute atomic E-state index is 12.2. The largest absolute Gasteiger partial charge is 0.494 e. The van der Waals surface area contributed by atoms with Crippen LogP contribution in [0.2, 0.25) is 0 Å². The van der Waals surface area contributed by atoms with E-state index in [-0.39, 0.29) is 11.8 Å². The highest BCUT2D eigenvalue weighted by molar-refractivity contribution is 7.99. The molecule has 114 valence electrons. The van der Waals surface area contributed by atoms with Gasteiger partial charge in [0.25, 0.3) is 0 Å². The first kappa shape index (κ1) is 15.7. The van der Waals surface area contributed by atoms with Crippen molar-refractivity contribution in [2.45, 2.75) is 25.8 Å². The Kier molecular flexibility index (Phi) is 5.92. The first-order valence-corrected chi connectivity index (χ1v) is 8.25. The van der Waals surface area contributed by atoms with Crippen molar-refractivity contribution in [2.24, 2.45) is 0 Å². The minimum atomic E-state index is -0.481. The van der Waals surface area contributed by atoms with Crippen LogP contribution in [0.1, 0.15) is 19.8 Å². The van der Waals surface area contributed by atoms with E-state index in [1.165, 1.54) is 0 Å². The molecule has 1 saturated heterocycles. The summed E-state index contributed by atoms with van der Waals surface area (Å²) in [6.07, 6.45) is 1.40. The van der Waals surface area contributed by atoms with Gasteiger partial charge in [0.1, 0.15) is 11.8 Å². The molecule has 1 atom stereocenters. The Labute approximate surface area is 128 Å². The lowest BCUT2D eigenvalue weighted by Crippen LogP contribution is -2.44. The van der Waals surface area contributed by atoms with E-state index in [4.69, 9.17) is 4.74 Å². The number of rotatable bonds is 5. The standard InChI is InChI=1S/C15H20N2O3S/c1-2-7-20-12-5-3-4-11(9-12)16-15(19)13-10-21-8-6-14(18)17-13/h3-5,9,13H,2,6-8,10H2,1H3,(H,16,19)(H,17,18). The highest BCUT2D eigenvalue weighted by Crippen LogP contribution is 2.18. The minimum Gasteiger partial charge on any atom is -0.494 e. The van der Waals surface area contributed by atoms with Gasteiger partial charge in [-0.1, -0.05) is 13.0 Å². The summed E-state index contributed by atoms with van der Waals surface area (Å²) >= 11 is 1.61. The van der Waals surface area contributed by atoms with Crippen LogP contribution in [0, 0.1) is 0 Å². The van der Waals surface area contributed by atoms with Crippen molar-refractivity contribution in [3.63, 3.8) is 0 Å². The molecule has 1 aromatic carbocycles. The van der Waals surface area contributed by atoms with Crippen LogP contribution in [0.25, 0.3) is 0 Å². The summed E-state index contributed by atoms with van der Waals surface area (Å²) < 4.78 is 5.53. The Morgan fingerprint density at radius 2 is 2.38 bits per heavy atom. The summed E-state index contributed by atoms with van der Waals surface area (Å²) in [7, 11) is 0. The van der Waals surface area contributed by atoms with Gasteiger partial charge in [-0.25, -0.2) is 0 Å². The molecule has 0 spiro atoms. The predicted octanol–water partition coefficient (Wildman–Crippen LogP) is 2.04. The van der Waals surface area contributed by atoms with E-state index in [0.29, 0.717) is 24.5 Å². The van der Waals surface area contributed by atoms with Gasteiger partial charge in [0.05, 0.1) is 6.61 Å². The number of hydrogen-bond acceptors (Lipinski definition) is 4. The van der Waals surface area contributed by atoms with Crippen molar-refractivity contribution in [3.05, 3.63) is 24.3 Å². The third-order valence-corrected chi connectivity index (χ3v) is 4.05. The van der Waals surface area contributed by atoms with Crippen LogP contribution in [-0.2, 0) is 9.59 Å². The quantitative estimate of drug-likeness (QED) is 0.873. The molecule has 0 aromatic heterocycles. The molecule has 0 aliphatic carbocycles. The third kappa shape index (κ3) is 4.97. The van der Waals surface area contributed by atoms with Crippen LogP contribution in [0.3, 0.4) is 0 Å². The lowest BCUT2D eigenvalue weighted by Gasteiger charge is -2.15. The average Bonchev–Trinajstić information content (AvgIpc) is 2.70. The number of hydrogen-bond donors (Lipinski definition) is 2. The Morgan fingerprint density at radius 3 is 3.19 bits per heavy atom. The number of anilines is 1. The molecule has 1 unspecified atom stereocenters. The van der Waals surface area contributed by atoms with E-state index in [9.17, 15) is 9.59 Å². The molecule has 0 saturated carbocycles. The second kappa shape index (κ2) is 7.93. The number of thioether (sulfide) groups is 1. The fourth-order valence-electron chi connectivity index (χ4n) is 1.93. The molecule has 1 aliphatic rings. The predicted molar refractivity (Wildman–Crippen MR) is 84.7 cm³/mol. The second-order valence-electron chi connectivity index (χ2n) is 4.81. The fraction of sp³-hybridized carbons (Fsp3) is 0.467. The van der Waals surface area contributed by atoms with Crippen LogP contribution in [-0.4, -0.2) is 36.0 Å². The van der Waals surface area contributed by atoms with E-state index in [2.05, 4.69) is 10.6 Å². The zero-order chi connectivity index (χ0) is 15.1. The normalized spacial score (nSPS) is 18.5. The van der Waals surface area contributed by atoms with Gasteiger partial charge in [0.15, 0.2) is 0 Å². The van der Waals surface area contributed by atoms with E-state index < -0.39 is 6.04 Å². The summed E-state index contributed by atoms with van der Waals surface area (Å²) in [5, 5.41) is 5.57. The lowest BCUT2D eigenvalue weighted by molar-refractivity contribution is -0.125. The zero-order valence-electron chi connectivity index (χ0n) is 12.1. The topological polar surface area (TPSA) is 67.4 Å². The molecular formula is C15H20N2O3S. The molecular weight excluding hydrogens is 288 g/mol. The van der Waals surface area contributed by atoms with E-state index in [1.54, 1.807) is 17.8 Å². The highest BCUT2D eigenvalue weighted by Gasteiger charge is 2.23. The fourth-order valence-corrected chi connectivity index (χ4v) is 2.90. The number of carbonyl (C=O) groups is 2. The molecule has 1 aliphatic heterocycles. The number of carbonyl (C=O) groups excluding carboxylic acids is 2. The zero-order valence-corrected chi connectivity index (χ0v) is 12.9. The van der Waals surface area contributed by atoms with Crippen molar-refractivity contribution >= 4 is 29.3 Å². The Morgan fingerprint density at radius 1 is 1.52 bits per heavy atom. The number of ether oxygens (including phenoxy) is 1. The summed E-state index contributed by atoms with van der Waals surface area (Å²) in [6, 6.07) is 6.81. The van der Waals surface area contributed by atoms with E-state index in [1.807, 2.05) is 25.1 Å². The molecule has 1 fully saturated rings. The van der Waals surface area contributed by atoms with Crippen molar-refractivity contribution < 1.29 is 14.3 Å². The SMILES string of the molecule is CCCOc1cccc(NC(=O)C2CSCCC(=O)N2)c1. The maximum Gasteiger partial charge on any atom is 0.247 e. The minimum absolute atomic E-state index is 0.0693. The lowest BCUT2D eigenvalue weighted by atomic mass is 10.2. The molecule has 0 radical (unpaired) electrons. The van der Waals surface area contributed by atoms with E-state index in [0.717, 1.165) is 17.9 Å². The van der Waals surface area contributed by atoms with Crippen LogP contribution >= 0.6 is 11.8 Å². The monoisotopic (exact) mass is 308 g/mol. The molecule has 5 nitrogen and oxygen atoms in total. The van der Waals surface area contributed by atoms with Crippen LogP contribution in [0.5, 0.6) is 5.75 Å². The molecule has 0 bridgehead atoms. The first-order chi connectivity index (χ1) is 10.2. The van der Waals surface area contributed by atoms with Crippen LogP contribution in [0.4, 0.5) is 5.69 Å². The highest BCUT2D eigenvalue weighted by atomic mass is 32.2. The van der Waals surface area contributed by atoms with Gasteiger partial charge in [-0.2, -0.15) is 11.8 Å². The maximum atomic E-state index is 12.2. The van der Waals surface area contributed by atoms with Crippen molar-refractivity contribution in [3.8, 4) is 5.75 Å². The number of nitrogens with one attached hydrogen (secondary N) is 2. The Bertz CT molecular complexity index is 507. The van der Waals surface area contributed by atoms with Crippen molar-refractivity contribution in [2.75, 3.05) is 23.4 Å². The van der Waals surface area contributed by atoms with Crippen LogP contribution < -0.4 is 15.4 Å². The number of amides is 2. The van der Waals surface area contributed by atoms with E-state index >= 15 is 0 Å². The van der Waals surface area contributed by atoms with Crippen molar-refractivity contribution in [1.29, 1.82) is 0 Å². The summed E-state index contributed by atoms with van der Waals surface area (Å²) in [4.78, 5) is 23.7. The van der Waals surface area contributed by atoms with Gasteiger partial charge in [0.2, 0.25) is 11.8 Å². The second-order valence-corrected chi connectivity index (χ2v) is 5.96. The van der Waals surface area contributed by atoms with Gasteiger partial charge in [-0.3, -0.25) is 9.59 Å². The molecule has 2 N–H and O–H groups in total. The molecule has 1 aromatic rings. The number of benzene rings is 1. The van der Waals surface area contributed by atoms with Gasteiger partial charge in [-0.05, 0) is 18.6 Å². The van der Waals surface area contributed by atoms with Gasteiger partial charge >= 0.3 is 0 Å². The Hall–Kier alpha value is -1.69. The van der Waals surface area contributed by atoms with Gasteiger partial charge in [0, 0.05) is 29.7 Å². The van der Waals surface area contributed by atoms with Crippen LogP contribution in [0.15, 0.2) is 24.3 Å². The molecule has 1 heterocycles. The molecule has 21 heavy (non-hydrogen) atoms. The smallest absolute Gasteiger partial charge is 0.247 e. The summed E-state index contributed by atoms with van der Waals surface area (Å²) in [5.41, 5.74) is 0.678. The Balaban J connectivity index is 1.96. The molecule has 6 heteroatoms. The van der Waals surface area contributed by atoms with Gasteiger partial charge < -0.3 is 15.4 Å². The molecule has 2 amide bonds. The summed E-state index contributed by atoms with van der Waals surface area (Å²) in [6.45, 7) is 2.69. The first-order valence-electron chi connectivity index (χ1n) is 7.10. The average molecular weight is 308 g/mol. The third-order valence-electron chi connectivity index (χ3n) is 2.98. The molecule has 2 rings (SSSR count). The van der Waals surface area contributed by atoms with Gasteiger partial charge in [-0.15, -0.1) is 0 Å². The summed E-state index contributed by atoms with van der Waals surface area (Å²) in [5.74, 6) is 1.83. The van der Waals surface area contributed by atoms with Crippen molar-refractivity contribution in [1.82, 2.24) is 5.32 Å².